The van der Waals surface area contributed by atoms with Gasteiger partial charge in [0.15, 0.2) is 15.6 Å². The molecule has 0 aliphatic carbocycles. The molecular weight excluding hydrogens is 428 g/mol. The van der Waals surface area contributed by atoms with Crippen molar-refractivity contribution in [3.8, 4) is 11.3 Å². The molecule has 0 radical (unpaired) electrons. The summed E-state index contributed by atoms with van der Waals surface area (Å²) < 4.78 is 25.8. The van der Waals surface area contributed by atoms with Crippen molar-refractivity contribution in [2.75, 3.05) is 24.2 Å². The minimum absolute atomic E-state index is 0.0485. The van der Waals surface area contributed by atoms with Crippen molar-refractivity contribution in [2.45, 2.75) is 17.7 Å². The Morgan fingerprint density at radius 3 is 2.56 bits per heavy atom. The fraction of sp³-hybridized carbons (Fsp3) is 0.304. The highest BCUT2D eigenvalue weighted by Crippen LogP contribution is 2.27. The van der Waals surface area contributed by atoms with Gasteiger partial charge in [-0.3, -0.25) is 19.1 Å². The summed E-state index contributed by atoms with van der Waals surface area (Å²) in [6.45, 7) is 1.01. The molecule has 32 heavy (non-hydrogen) atoms. The number of sulfone groups is 1. The van der Waals surface area contributed by atoms with E-state index in [-0.39, 0.29) is 21.8 Å². The molecular formula is C23H24N4O4S. The van der Waals surface area contributed by atoms with Gasteiger partial charge in [-0.05, 0) is 31.0 Å². The third kappa shape index (κ3) is 4.34. The van der Waals surface area contributed by atoms with Crippen LogP contribution in [0.5, 0.6) is 0 Å². The van der Waals surface area contributed by atoms with Gasteiger partial charge < -0.3 is 4.90 Å². The minimum atomic E-state index is -3.53. The average molecular weight is 453 g/mol. The largest absolute Gasteiger partial charge is 0.341 e. The number of nitrogens with zero attached hydrogens (tertiary/aromatic N) is 4. The Kier molecular flexibility index (Phi) is 5.92. The number of benzene rings is 1. The Labute approximate surface area is 186 Å². The summed E-state index contributed by atoms with van der Waals surface area (Å²) in [6, 6.07) is 11.4. The molecule has 0 saturated carbocycles. The molecule has 166 valence electrons. The van der Waals surface area contributed by atoms with Gasteiger partial charge in [0.25, 0.3) is 5.56 Å². The number of hydrogen-bond acceptors (Lipinski definition) is 7. The molecule has 2 aromatic heterocycles. The van der Waals surface area contributed by atoms with Crippen LogP contribution in [0.3, 0.4) is 0 Å². The second kappa shape index (κ2) is 8.66. The lowest BCUT2D eigenvalue weighted by Gasteiger charge is -2.33. The van der Waals surface area contributed by atoms with Crippen LogP contribution < -0.4 is 10.5 Å². The number of pyridine rings is 1. The molecule has 9 heteroatoms. The van der Waals surface area contributed by atoms with E-state index in [9.17, 15) is 18.0 Å². The zero-order valence-electron chi connectivity index (χ0n) is 17.9. The highest BCUT2D eigenvalue weighted by molar-refractivity contribution is 7.90. The standard InChI is InChI=1S/C23H24N4O4S/c1-26-21(28)14-19(16-9-11-24-12-10-16)25-23(26)27-13-5-6-17(15-27)22(29)18-7-3-4-8-20(18)32(2,30)31/h3-4,7-12,14,17H,5-6,13,15H2,1-2H3. The van der Waals surface area contributed by atoms with Crippen LogP contribution in [-0.4, -0.2) is 48.1 Å². The van der Waals surface area contributed by atoms with Crippen molar-refractivity contribution in [3.05, 3.63) is 70.8 Å². The molecule has 3 aromatic rings. The Morgan fingerprint density at radius 2 is 1.84 bits per heavy atom. The van der Waals surface area contributed by atoms with E-state index >= 15 is 0 Å². The normalized spacial score (nSPS) is 16.7. The predicted molar refractivity (Wildman–Crippen MR) is 122 cm³/mol. The first-order valence-electron chi connectivity index (χ1n) is 10.3. The summed E-state index contributed by atoms with van der Waals surface area (Å²) in [6.07, 6.45) is 5.76. The Morgan fingerprint density at radius 1 is 1.12 bits per heavy atom. The van der Waals surface area contributed by atoms with E-state index in [1.165, 1.54) is 16.7 Å². The molecule has 0 N–H and O–H groups in total. The van der Waals surface area contributed by atoms with Gasteiger partial charge in [-0.2, -0.15) is 0 Å². The number of carbonyl (C=O) groups excluding carboxylic acids is 1. The number of Topliss-reactive ketones (excluding diaryl/α,β-unsaturated/α-hetero) is 1. The number of carbonyl (C=O) groups is 1. The molecule has 4 rings (SSSR count). The number of piperidine rings is 1. The fourth-order valence-electron chi connectivity index (χ4n) is 4.07. The molecule has 8 nitrogen and oxygen atoms in total. The number of aromatic nitrogens is 3. The monoisotopic (exact) mass is 452 g/mol. The van der Waals surface area contributed by atoms with Gasteiger partial charge >= 0.3 is 0 Å². The third-order valence-electron chi connectivity index (χ3n) is 5.71. The van der Waals surface area contributed by atoms with E-state index < -0.39 is 15.8 Å². The van der Waals surface area contributed by atoms with Gasteiger partial charge in [-0.15, -0.1) is 0 Å². The van der Waals surface area contributed by atoms with Crippen molar-refractivity contribution in [2.24, 2.45) is 13.0 Å². The first kappa shape index (κ1) is 21.9. The van der Waals surface area contributed by atoms with Crippen LogP contribution in [0.25, 0.3) is 11.3 Å². The molecule has 0 bridgehead atoms. The van der Waals surface area contributed by atoms with Gasteiger partial charge in [0.2, 0.25) is 5.95 Å². The molecule has 1 atom stereocenters. The van der Waals surface area contributed by atoms with E-state index in [2.05, 4.69) is 4.98 Å². The van der Waals surface area contributed by atoms with Crippen LogP contribution >= 0.6 is 0 Å². The smallest absolute Gasteiger partial charge is 0.255 e. The molecule has 1 aliphatic heterocycles. The van der Waals surface area contributed by atoms with Crippen LogP contribution in [0.1, 0.15) is 23.2 Å². The van der Waals surface area contributed by atoms with Crippen LogP contribution in [0, 0.1) is 5.92 Å². The summed E-state index contributed by atoms with van der Waals surface area (Å²) in [7, 11) is -1.87. The second-order valence-electron chi connectivity index (χ2n) is 7.99. The highest BCUT2D eigenvalue weighted by Gasteiger charge is 2.31. The van der Waals surface area contributed by atoms with Gasteiger partial charge in [-0.1, -0.05) is 18.2 Å². The van der Waals surface area contributed by atoms with Gasteiger partial charge in [-0.25, -0.2) is 13.4 Å². The zero-order valence-corrected chi connectivity index (χ0v) is 18.7. The van der Waals surface area contributed by atoms with Crippen LogP contribution in [0.15, 0.2) is 64.5 Å². The van der Waals surface area contributed by atoms with E-state index in [1.807, 2.05) is 4.90 Å². The zero-order chi connectivity index (χ0) is 22.9. The number of rotatable bonds is 5. The molecule has 3 heterocycles. The minimum Gasteiger partial charge on any atom is -0.341 e. The van der Waals surface area contributed by atoms with Crippen molar-refractivity contribution >= 4 is 21.6 Å². The molecule has 1 saturated heterocycles. The van der Waals surface area contributed by atoms with Gasteiger partial charge in [0.05, 0.1) is 10.6 Å². The molecule has 1 fully saturated rings. The number of hydrogen-bond donors (Lipinski definition) is 0. The lowest BCUT2D eigenvalue weighted by atomic mass is 9.90. The first-order valence-corrected chi connectivity index (χ1v) is 12.2. The van der Waals surface area contributed by atoms with E-state index in [0.29, 0.717) is 31.2 Å². The molecule has 1 aromatic carbocycles. The van der Waals surface area contributed by atoms with Gasteiger partial charge in [0, 0.05) is 61.9 Å². The maximum absolute atomic E-state index is 13.3. The van der Waals surface area contributed by atoms with Crippen molar-refractivity contribution in [3.63, 3.8) is 0 Å². The van der Waals surface area contributed by atoms with E-state index in [0.717, 1.165) is 18.2 Å². The summed E-state index contributed by atoms with van der Waals surface area (Å²) in [5, 5.41) is 0. The van der Waals surface area contributed by atoms with Gasteiger partial charge in [0.1, 0.15) is 0 Å². The molecule has 1 unspecified atom stereocenters. The fourth-order valence-corrected chi connectivity index (χ4v) is 4.96. The molecule has 0 amide bonds. The van der Waals surface area contributed by atoms with E-state index in [1.54, 1.807) is 49.8 Å². The summed E-state index contributed by atoms with van der Waals surface area (Å²) >= 11 is 0. The first-order chi connectivity index (χ1) is 15.3. The third-order valence-corrected chi connectivity index (χ3v) is 6.87. The lowest BCUT2D eigenvalue weighted by Crippen LogP contribution is -2.42. The molecule has 0 spiro atoms. The average Bonchev–Trinajstić information content (AvgIpc) is 2.80. The van der Waals surface area contributed by atoms with Crippen LogP contribution in [0.2, 0.25) is 0 Å². The molecule has 1 aliphatic rings. The number of anilines is 1. The lowest BCUT2D eigenvalue weighted by molar-refractivity contribution is 0.0903. The van der Waals surface area contributed by atoms with Crippen LogP contribution in [0.4, 0.5) is 5.95 Å². The SMILES string of the molecule is Cn1c(N2CCCC(C(=O)c3ccccc3S(C)(=O)=O)C2)nc(-c2ccncc2)cc1=O. The van der Waals surface area contributed by atoms with Crippen molar-refractivity contribution in [1.82, 2.24) is 14.5 Å². The second-order valence-corrected chi connectivity index (χ2v) is 9.98. The summed E-state index contributed by atoms with van der Waals surface area (Å²) in [5.74, 6) is -0.114. The summed E-state index contributed by atoms with van der Waals surface area (Å²) in [4.78, 5) is 36.6. The summed E-state index contributed by atoms with van der Waals surface area (Å²) in [5.41, 5.74) is 1.35. The number of ketones is 1. The maximum Gasteiger partial charge on any atom is 0.255 e. The topological polar surface area (TPSA) is 102 Å². The van der Waals surface area contributed by atoms with E-state index in [4.69, 9.17) is 4.98 Å². The Bertz CT molecular complexity index is 1320. The quantitative estimate of drug-likeness (QED) is 0.548. The highest BCUT2D eigenvalue weighted by atomic mass is 32.2. The maximum atomic E-state index is 13.3. The Balaban J connectivity index is 1.67. The van der Waals surface area contributed by atoms with Crippen molar-refractivity contribution < 1.29 is 13.2 Å². The van der Waals surface area contributed by atoms with Crippen LogP contribution in [-0.2, 0) is 16.9 Å². The predicted octanol–water partition coefficient (Wildman–Crippen LogP) is 2.35. The van der Waals surface area contributed by atoms with Crippen molar-refractivity contribution in [1.29, 1.82) is 0 Å². The Hall–Kier alpha value is -3.33.